The Morgan fingerprint density at radius 2 is 2.00 bits per heavy atom. The smallest absolute Gasteiger partial charge is 0.301 e. The van der Waals surface area contributed by atoms with E-state index in [9.17, 15) is 0 Å². The minimum atomic E-state index is -1.08. The Bertz CT molecular complexity index is 9.61. The van der Waals surface area contributed by atoms with Gasteiger partial charge in [0, 0.05) is 14.5 Å². The number of hydrogen-bond donors (Lipinski definition) is 1. The molecule has 0 unspecified atom stereocenters. The van der Waals surface area contributed by atoms with Crippen molar-refractivity contribution in [1.82, 2.24) is 0 Å². The van der Waals surface area contributed by atoms with Crippen LogP contribution in [0.4, 0.5) is 0 Å². The van der Waals surface area contributed by atoms with Crippen molar-refractivity contribution in [2.45, 2.75) is 0 Å². The second-order valence-electron chi connectivity index (χ2n) is 0.418. The molecule has 2 nitrogen and oxygen atoms in total. The first-order valence-corrected chi connectivity index (χ1v) is 2.22. The summed E-state index contributed by atoms with van der Waals surface area (Å²) < 4.78 is 4.24. The summed E-state index contributed by atoms with van der Waals surface area (Å²) in [5.74, 6) is 0. The van der Waals surface area contributed by atoms with Gasteiger partial charge in [-0.15, -0.1) is 0 Å². The fraction of sp³-hybridized carbons (Fsp3) is 0.500. The molecule has 0 amide bonds. The Morgan fingerprint density at radius 1 is 1.80 bits per heavy atom. The standard InChI is InChI=1S/CH6O2Si.C/c1-3-4-2;/h2H,4H2,1H3;. The van der Waals surface area contributed by atoms with Gasteiger partial charge in [-0.1, -0.05) is 0 Å². The van der Waals surface area contributed by atoms with Gasteiger partial charge in [0.1, 0.15) is 0 Å². The maximum Gasteiger partial charge on any atom is 0.301 e. The van der Waals surface area contributed by atoms with E-state index < -0.39 is 10.0 Å². The molecule has 0 spiro atoms. The maximum absolute atomic E-state index is 7.79. The second kappa shape index (κ2) is 8.91. The quantitative estimate of drug-likeness (QED) is 0.406. The minimum absolute atomic E-state index is 0. The highest BCUT2D eigenvalue weighted by molar-refractivity contribution is 6.15. The Kier molecular flexibility index (Phi) is 15.9. The van der Waals surface area contributed by atoms with Crippen LogP contribution in [0, 0.1) is 7.43 Å². The fourth-order valence-corrected chi connectivity index (χ4v) is 0. The minimum Gasteiger partial charge on any atom is -0.415 e. The van der Waals surface area contributed by atoms with E-state index in [0.717, 1.165) is 0 Å². The molecule has 0 saturated carbocycles. The fourth-order valence-electron chi connectivity index (χ4n) is 0. The third-order valence-electron chi connectivity index (χ3n) is 0.129. The predicted octanol–water partition coefficient (Wildman–Crippen LogP) is -1.29. The highest BCUT2D eigenvalue weighted by Gasteiger charge is 1.57. The lowest BCUT2D eigenvalue weighted by atomic mass is 11.8. The molecule has 0 heterocycles. The number of rotatable bonds is 1. The van der Waals surface area contributed by atoms with Crippen LogP contribution < -0.4 is 0 Å². The van der Waals surface area contributed by atoms with E-state index in [0.29, 0.717) is 0 Å². The summed E-state index contributed by atoms with van der Waals surface area (Å²) in [5.41, 5.74) is 0. The van der Waals surface area contributed by atoms with Crippen LogP contribution in [0.3, 0.4) is 0 Å². The average molecular weight is 90.2 g/mol. The third-order valence-corrected chi connectivity index (χ3v) is 0.387. The van der Waals surface area contributed by atoms with Crippen LogP contribution in [0.25, 0.3) is 0 Å². The Hall–Kier alpha value is 0.137. The molecular weight excluding hydrogens is 84.1 g/mol. The van der Waals surface area contributed by atoms with Crippen molar-refractivity contribution < 1.29 is 9.22 Å². The van der Waals surface area contributed by atoms with E-state index in [1.807, 2.05) is 0 Å². The monoisotopic (exact) mass is 90.0 g/mol. The largest absolute Gasteiger partial charge is 0.415 e. The summed E-state index contributed by atoms with van der Waals surface area (Å²) in [6, 6.07) is 0. The lowest BCUT2D eigenvalue weighted by molar-refractivity contribution is 0.360. The molecule has 0 aliphatic carbocycles. The molecule has 30 valence electrons. The molecule has 0 saturated heterocycles. The van der Waals surface area contributed by atoms with Crippen LogP contribution in [-0.4, -0.2) is 21.9 Å². The molecule has 0 fully saturated rings. The molecule has 0 atom stereocenters. The predicted molar refractivity (Wildman–Crippen MR) is 21.0 cm³/mol. The summed E-state index contributed by atoms with van der Waals surface area (Å²) in [5, 5.41) is 0. The molecule has 3 heteroatoms. The third kappa shape index (κ3) is 14.6. The van der Waals surface area contributed by atoms with E-state index in [-0.39, 0.29) is 7.43 Å². The Balaban J connectivity index is 0. The van der Waals surface area contributed by atoms with Crippen molar-refractivity contribution in [3.05, 3.63) is 7.43 Å². The molecule has 0 aromatic carbocycles. The SMILES string of the molecule is CO[SiH2]O.[C]. The molecule has 5 heavy (non-hydrogen) atoms. The first-order chi connectivity index (χ1) is 1.91. The van der Waals surface area contributed by atoms with Gasteiger partial charge < -0.3 is 9.22 Å². The maximum atomic E-state index is 7.79. The van der Waals surface area contributed by atoms with Gasteiger partial charge in [0.25, 0.3) is 0 Å². The van der Waals surface area contributed by atoms with Crippen molar-refractivity contribution in [2.75, 3.05) is 7.11 Å². The van der Waals surface area contributed by atoms with Crippen LogP contribution in [0.2, 0.25) is 0 Å². The van der Waals surface area contributed by atoms with Crippen molar-refractivity contribution in [3.63, 3.8) is 0 Å². The Labute approximate surface area is 34.8 Å². The molecule has 1 N–H and O–H groups in total. The second-order valence-corrected chi connectivity index (χ2v) is 1.25. The lowest BCUT2D eigenvalue weighted by Gasteiger charge is -1.74. The van der Waals surface area contributed by atoms with Crippen LogP contribution >= 0.6 is 0 Å². The van der Waals surface area contributed by atoms with E-state index in [1.165, 1.54) is 7.11 Å². The van der Waals surface area contributed by atoms with Crippen molar-refractivity contribution in [3.8, 4) is 0 Å². The first-order valence-electron chi connectivity index (χ1n) is 1.01. The summed E-state index contributed by atoms with van der Waals surface area (Å²) >= 11 is 0. The molecule has 0 rings (SSSR count). The van der Waals surface area contributed by atoms with Gasteiger partial charge in [-0.2, -0.15) is 0 Å². The van der Waals surface area contributed by atoms with Gasteiger partial charge in [-0.3, -0.25) is 0 Å². The van der Waals surface area contributed by atoms with Crippen molar-refractivity contribution in [1.29, 1.82) is 0 Å². The first kappa shape index (κ1) is 8.93. The topological polar surface area (TPSA) is 29.5 Å². The summed E-state index contributed by atoms with van der Waals surface area (Å²) in [4.78, 5) is 7.79. The lowest BCUT2D eigenvalue weighted by Crippen LogP contribution is -1.86. The van der Waals surface area contributed by atoms with Crippen LogP contribution in [0.15, 0.2) is 0 Å². The molecular formula is C2H6O2Si. The van der Waals surface area contributed by atoms with E-state index >= 15 is 0 Å². The summed E-state index contributed by atoms with van der Waals surface area (Å²) in [7, 11) is 0.417. The van der Waals surface area contributed by atoms with Gasteiger partial charge >= 0.3 is 10.0 Å². The zero-order valence-electron chi connectivity index (χ0n) is 3.06. The highest BCUT2D eigenvalue weighted by atomic mass is 28.2. The van der Waals surface area contributed by atoms with Gasteiger partial charge in [-0.05, 0) is 0 Å². The van der Waals surface area contributed by atoms with E-state index in [4.69, 9.17) is 4.80 Å². The van der Waals surface area contributed by atoms with Crippen LogP contribution in [0.1, 0.15) is 0 Å². The normalized spacial score (nSPS) is 8.40. The van der Waals surface area contributed by atoms with Gasteiger partial charge in [0.15, 0.2) is 0 Å². The molecule has 4 radical (unpaired) electrons. The zero-order valence-corrected chi connectivity index (χ0v) is 4.48. The molecule has 0 aromatic heterocycles. The van der Waals surface area contributed by atoms with Crippen molar-refractivity contribution >= 4 is 10.0 Å². The van der Waals surface area contributed by atoms with Gasteiger partial charge in [-0.25, -0.2) is 0 Å². The van der Waals surface area contributed by atoms with Crippen LogP contribution in [0.5, 0.6) is 0 Å². The molecule has 0 bridgehead atoms. The average Bonchev–Trinajstić information content (AvgIpc) is 1.37. The van der Waals surface area contributed by atoms with Crippen molar-refractivity contribution in [2.24, 2.45) is 0 Å². The van der Waals surface area contributed by atoms with Gasteiger partial charge in [0.2, 0.25) is 0 Å². The van der Waals surface area contributed by atoms with Crippen LogP contribution in [-0.2, 0) is 4.43 Å². The molecule has 0 aliphatic rings. The number of hydrogen-bond acceptors (Lipinski definition) is 2. The van der Waals surface area contributed by atoms with Gasteiger partial charge in [0.05, 0.1) is 0 Å². The summed E-state index contributed by atoms with van der Waals surface area (Å²) in [6.45, 7) is 0. The van der Waals surface area contributed by atoms with E-state index in [1.54, 1.807) is 0 Å². The van der Waals surface area contributed by atoms with E-state index in [2.05, 4.69) is 4.43 Å². The zero-order chi connectivity index (χ0) is 3.41. The highest BCUT2D eigenvalue weighted by Crippen LogP contribution is 1.40. The molecule has 0 aliphatic heterocycles. The Morgan fingerprint density at radius 3 is 2.00 bits per heavy atom. The summed E-state index contributed by atoms with van der Waals surface area (Å²) in [6.07, 6.45) is 0. The molecule has 0 aromatic rings.